The first kappa shape index (κ1) is 9.47. The van der Waals surface area contributed by atoms with Crippen molar-refractivity contribution in [3.05, 3.63) is 29.6 Å². The zero-order valence-corrected chi connectivity index (χ0v) is 8.64. The molecule has 5 heteroatoms. The number of pyridine rings is 1. The molecule has 3 heterocycles. The summed E-state index contributed by atoms with van der Waals surface area (Å²) in [5.41, 5.74) is 0.909. The molecule has 1 unspecified atom stereocenters. The quantitative estimate of drug-likeness (QED) is 0.675. The van der Waals surface area contributed by atoms with Gasteiger partial charge in [-0.3, -0.25) is 19.5 Å². The van der Waals surface area contributed by atoms with Gasteiger partial charge in [-0.15, -0.1) is 0 Å². The number of nitrogens with one attached hydrogen (secondary N) is 1. The fourth-order valence-corrected chi connectivity index (χ4v) is 2.29. The molecule has 2 aliphatic rings. The molecule has 1 saturated heterocycles. The molecule has 0 aliphatic carbocycles. The highest BCUT2D eigenvalue weighted by atomic mass is 16.2. The van der Waals surface area contributed by atoms with Crippen LogP contribution in [-0.2, 0) is 0 Å². The Morgan fingerprint density at radius 2 is 2.12 bits per heavy atom. The number of aromatic nitrogens is 1. The molecule has 0 aromatic carbocycles. The Hall–Kier alpha value is -1.75. The van der Waals surface area contributed by atoms with Crippen molar-refractivity contribution in [3.8, 4) is 0 Å². The van der Waals surface area contributed by atoms with Gasteiger partial charge in [-0.05, 0) is 19.0 Å². The predicted molar refractivity (Wildman–Crippen MR) is 56.0 cm³/mol. The van der Waals surface area contributed by atoms with Gasteiger partial charge in [0.15, 0.2) is 0 Å². The lowest BCUT2D eigenvalue weighted by molar-refractivity contribution is 0.0597. The average Bonchev–Trinajstić information content (AvgIpc) is 2.89. The van der Waals surface area contributed by atoms with Gasteiger partial charge in [-0.25, -0.2) is 0 Å². The van der Waals surface area contributed by atoms with Crippen LogP contribution >= 0.6 is 0 Å². The number of rotatable bonds is 1. The maximum Gasteiger partial charge on any atom is 0.263 e. The molecule has 3 rings (SSSR count). The molecule has 82 valence electrons. The van der Waals surface area contributed by atoms with E-state index in [2.05, 4.69) is 10.3 Å². The minimum absolute atomic E-state index is 0.00704. The highest BCUT2D eigenvalue weighted by Gasteiger charge is 2.40. The molecule has 0 saturated carbocycles. The van der Waals surface area contributed by atoms with Gasteiger partial charge in [-0.2, -0.15) is 0 Å². The van der Waals surface area contributed by atoms with E-state index in [0.29, 0.717) is 17.7 Å². The molecule has 2 amide bonds. The number of nitrogens with zero attached hydrogens (tertiary/aromatic N) is 2. The summed E-state index contributed by atoms with van der Waals surface area (Å²) in [6.07, 6.45) is 3.84. The Labute approximate surface area is 92.5 Å². The maximum absolute atomic E-state index is 12.0. The van der Waals surface area contributed by atoms with Crippen molar-refractivity contribution in [1.82, 2.24) is 15.2 Å². The van der Waals surface area contributed by atoms with Gasteiger partial charge < -0.3 is 5.32 Å². The van der Waals surface area contributed by atoms with Crippen LogP contribution in [0.5, 0.6) is 0 Å². The minimum Gasteiger partial charge on any atom is -0.315 e. The molecule has 0 spiro atoms. The van der Waals surface area contributed by atoms with Crippen molar-refractivity contribution in [3.63, 3.8) is 0 Å². The van der Waals surface area contributed by atoms with Gasteiger partial charge in [0.1, 0.15) is 0 Å². The average molecular weight is 217 g/mol. The molecule has 1 aromatic heterocycles. The summed E-state index contributed by atoms with van der Waals surface area (Å²) in [5, 5.41) is 3.16. The van der Waals surface area contributed by atoms with Crippen molar-refractivity contribution in [1.29, 1.82) is 0 Å². The summed E-state index contributed by atoms with van der Waals surface area (Å²) in [6, 6.07) is 1.60. The highest BCUT2D eigenvalue weighted by Crippen LogP contribution is 2.25. The van der Waals surface area contributed by atoms with E-state index < -0.39 is 0 Å². The topological polar surface area (TPSA) is 62.3 Å². The smallest absolute Gasteiger partial charge is 0.263 e. The zero-order valence-electron chi connectivity index (χ0n) is 8.64. The van der Waals surface area contributed by atoms with E-state index in [1.807, 2.05) is 0 Å². The molecule has 16 heavy (non-hydrogen) atoms. The van der Waals surface area contributed by atoms with Crippen LogP contribution in [0.1, 0.15) is 27.1 Å². The molecule has 0 bridgehead atoms. The van der Waals surface area contributed by atoms with E-state index in [9.17, 15) is 9.59 Å². The lowest BCUT2D eigenvalue weighted by atomic mass is 10.2. The van der Waals surface area contributed by atoms with Crippen LogP contribution in [0, 0.1) is 0 Å². The summed E-state index contributed by atoms with van der Waals surface area (Å²) in [7, 11) is 0. The standard InChI is InChI=1S/C11H11N3O2/c15-10-8-2-4-13-6-9(8)11(16)14(10)7-1-3-12-5-7/h2,4,6-7,12H,1,3,5H2. The van der Waals surface area contributed by atoms with Gasteiger partial charge in [0.2, 0.25) is 0 Å². The molecule has 1 aromatic rings. The molecular weight excluding hydrogens is 206 g/mol. The third-order valence-electron chi connectivity index (χ3n) is 3.12. The number of fused-ring (bicyclic) bond motifs is 1. The molecule has 1 N–H and O–H groups in total. The first-order valence-corrected chi connectivity index (χ1v) is 5.31. The molecule has 2 aliphatic heterocycles. The van der Waals surface area contributed by atoms with Crippen LogP contribution in [0.2, 0.25) is 0 Å². The second kappa shape index (κ2) is 3.38. The monoisotopic (exact) mass is 217 g/mol. The Balaban J connectivity index is 2.00. The van der Waals surface area contributed by atoms with Crippen LogP contribution in [0.25, 0.3) is 0 Å². The Bertz CT molecular complexity index is 431. The largest absolute Gasteiger partial charge is 0.315 e. The van der Waals surface area contributed by atoms with Crippen molar-refractivity contribution in [2.24, 2.45) is 0 Å². The summed E-state index contributed by atoms with van der Waals surface area (Å²) in [5.74, 6) is -0.391. The third kappa shape index (κ3) is 1.18. The molecular formula is C11H11N3O2. The van der Waals surface area contributed by atoms with Crippen LogP contribution in [-0.4, -0.2) is 40.8 Å². The third-order valence-corrected chi connectivity index (χ3v) is 3.12. The lowest BCUT2D eigenvalue weighted by Crippen LogP contribution is -2.41. The van der Waals surface area contributed by atoms with Crippen molar-refractivity contribution < 1.29 is 9.59 Å². The fraction of sp³-hybridized carbons (Fsp3) is 0.364. The molecule has 5 nitrogen and oxygen atoms in total. The van der Waals surface area contributed by atoms with Crippen LogP contribution in [0.15, 0.2) is 18.5 Å². The first-order valence-electron chi connectivity index (χ1n) is 5.31. The normalized spacial score (nSPS) is 24.0. The van der Waals surface area contributed by atoms with Crippen LogP contribution in [0.4, 0.5) is 0 Å². The first-order chi connectivity index (χ1) is 7.79. The number of carbonyl (C=O) groups excluding carboxylic acids is 2. The second-order valence-corrected chi connectivity index (χ2v) is 4.05. The van der Waals surface area contributed by atoms with E-state index >= 15 is 0 Å². The molecule has 1 fully saturated rings. The van der Waals surface area contributed by atoms with Gasteiger partial charge in [0, 0.05) is 18.9 Å². The zero-order chi connectivity index (χ0) is 11.1. The second-order valence-electron chi connectivity index (χ2n) is 4.05. The van der Waals surface area contributed by atoms with E-state index in [-0.39, 0.29) is 17.9 Å². The van der Waals surface area contributed by atoms with Crippen molar-refractivity contribution in [2.75, 3.05) is 13.1 Å². The number of hydrogen-bond acceptors (Lipinski definition) is 4. The summed E-state index contributed by atoms with van der Waals surface area (Å²) in [6.45, 7) is 1.55. The van der Waals surface area contributed by atoms with Crippen LogP contribution in [0.3, 0.4) is 0 Å². The van der Waals surface area contributed by atoms with E-state index in [0.717, 1.165) is 13.0 Å². The Morgan fingerprint density at radius 1 is 1.31 bits per heavy atom. The summed E-state index contributed by atoms with van der Waals surface area (Å²) >= 11 is 0. The molecule has 1 atom stereocenters. The van der Waals surface area contributed by atoms with Crippen molar-refractivity contribution in [2.45, 2.75) is 12.5 Å². The van der Waals surface area contributed by atoms with Gasteiger partial charge in [0.25, 0.3) is 11.8 Å². The number of hydrogen-bond donors (Lipinski definition) is 1. The highest BCUT2D eigenvalue weighted by molar-refractivity contribution is 6.21. The minimum atomic E-state index is -0.207. The van der Waals surface area contributed by atoms with Gasteiger partial charge >= 0.3 is 0 Å². The predicted octanol–water partition coefficient (Wildman–Crippen LogP) is 0.0395. The Kier molecular flexibility index (Phi) is 2.00. The number of imide groups is 1. The van der Waals surface area contributed by atoms with E-state index in [4.69, 9.17) is 0 Å². The molecule has 0 radical (unpaired) electrons. The lowest BCUT2D eigenvalue weighted by Gasteiger charge is -2.20. The SMILES string of the molecule is O=C1c2ccncc2C(=O)N1C1CCNC1. The van der Waals surface area contributed by atoms with Crippen LogP contribution < -0.4 is 5.32 Å². The Morgan fingerprint density at radius 3 is 2.81 bits per heavy atom. The summed E-state index contributed by atoms with van der Waals surface area (Å²) in [4.78, 5) is 29.3. The van der Waals surface area contributed by atoms with E-state index in [1.165, 1.54) is 11.1 Å². The number of amides is 2. The summed E-state index contributed by atoms with van der Waals surface area (Å²) < 4.78 is 0. The van der Waals surface area contributed by atoms with Crippen molar-refractivity contribution >= 4 is 11.8 Å². The van der Waals surface area contributed by atoms with Gasteiger partial charge in [-0.1, -0.05) is 0 Å². The maximum atomic E-state index is 12.0. The van der Waals surface area contributed by atoms with E-state index in [1.54, 1.807) is 12.3 Å². The van der Waals surface area contributed by atoms with Gasteiger partial charge in [0.05, 0.1) is 17.2 Å². The fourth-order valence-electron chi connectivity index (χ4n) is 2.29. The number of carbonyl (C=O) groups is 2.